The predicted octanol–water partition coefficient (Wildman–Crippen LogP) is 1.38. The molecule has 0 spiro atoms. The van der Waals surface area contributed by atoms with Gasteiger partial charge in [0.1, 0.15) is 6.61 Å². The fourth-order valence-electron chi connectivity index (χ4n) is 1.57. The van der Waals surface area contributed by atoms with E-state index in [4.69, 9.17) is 4.74 Å². The van der Waals surface area contributed by atoms with Crippen molar-refractivity contribution in [3.05, 3.63) is 64.8 Å². The van der Waals surface area contributed by atoms with Crippen molar-refractivity contribution < 1.29 is 9.53 Å². The summed E-state index contributed by atoms with van der Waals surface area (Å²) < 4.78 is 6.55. The van der Waals surface area contributed by atoms with Crippen LogP contribution in [0.15, 0.2) is 53.6 Å². The molecule has 0 radical (unpaired) electrons. The fraction of sp³-hybridized carbons (Fsp3) is 0.214. The van der Waals surface area contributed by atoms with Gasteiger partial charge < -0.3 is 9.30 Å². The number of aromatic nitrogens is 2. The summed E-state index contributed by atoms with van der Waals surface area (Å²) >= 11 is 0. The largest absolute Gasteiger partial charge is 0.459 e. The minimum Gasteiger partial charge on any atom is -0.459 e. The zero-order valence-corrected chi connectivity index (χ0v) is 10.4. The Morgan fingerprint density at radius 2 is 2.05 bits per heavy atom. The number of hydrogen-bond donors (Lipinski definition) is 0. The normalized spacial score (nSPS) is 10.1. The van der Waals surface area contributed by atoms with Gasteiger partial charge in [0.05, 0.1) is 12.1 Å². The molecular weight excluding hydrogens is 244 g/mol. The van der Waals surface area contributed by atoms with Crippen LogP contribution in [0.1, 0.15) is 12.1 Å². The predicted molar refractivity (Wildman–Crippen MR) is 69.4 cm³/mol. The quantitative estimate of drug-likeness (QED) is 0.760. The Bertz CT molecular complexity index is 593. The summed E-state index contributed by atoms with van der Waals surface area (Å²) in [5.41, 5.74) is 0.577. The Balaban J connectivity index is 1.79. The molecule has 0 bridgehead atoms. The summed E-state index contributed by atoms with van der Waals surface area (Å²) in [6.07, 6.45) is 3.46. The maximum Gasteiger partial charge on any atom is 0.307 e. The summed E-state index contributed by atoms with van der Waals surface area (Å²) in [4.78, 5) is 27.0. The van der Waals surface area contributed by atoms with Gasteiger partial charge in [0.2, 0.25) is 0 Å². The van der Waals surface area contributed by atoms with E-state index in [2.05, 4.69) is 4.98 Å². The highest BCUT2D eigenvalue weighted by molar-refractivity contribution is 5.69. The highest BCUT2D eigenvalue weighted by atomic mass is 16.5. The molecule has 0 saturated carbocycles. The number of carbonyl (C=O) groups is 1. The van der Waals surface area contributed by atoms with Gasteiger partial charge >= 0.3 is 5.97 Å². The monoisotopic (exact) mass is 258 g/mol. The average molecular weight is 258 g/mol. The van der Waals surface area contributed by atoms with Crippen LogP contribution >= 0.6 is 0 Å². The molecule has 19 heavy (non-hydrogen) atoms. The average Bonchev–Trinajstić information content (AvgIpc) is 2.45. The minimum atomic E-state index is -0.346. The lowest BCUT2D eigenvalue weighted by Crippen LogP contribution is -2.20. The molecule has 5 heteroatoms. The van der Waals surface area contributed by atoms with Crippen LogP contribution in [0.4, 0.5) is 0 Å². The molecule has 98 valence electrons. The first-order valence-electron chi connectivity index (χ1n) is 5.97. The van der Waals surface area contributed by atoms with Crippen molar-refractivity contribution in [1.82, 2.24) is 9.55 Å². The van der Waals surface area contributed by atoms with Crippen molar-refractivity contribution in [3.8, 4) is 0 Å². The number of aryl methyl sites for hydroxylation is 1. The Morgan fingerprint density at radius 3 is 2.79 bits per heavy atom. The third-order valence-corrected chi connectivity index (χ3v) is 2.56. The van der Waals surface area contributed by atoms with Gasteiger partial charge in [-0.25, -0.2) is 0 Å². The van der Waals surface area contributed by atoms with E-state index in [1.54, 1.807) is 36.7 Å². The van der Waals surface area contributed by atoms with Crippen molar-refractivity contribution in [3.63, 3.8) is 0 Å². The van der Waals surface area contributed by atoms with E-state index in [1.807, 2.05) is 6.07 Å². The van der Waals surface area contributed by atoms with Crippen LogP contribution < -0.4 is 5.56 Å². The first kappa shape index (κ1) is 13.0. The number of carbonyl (C=O) groups excluding carboxylic acids is 1. The maximum atomic E-state index is 11.5. The molecular formula is C14H14N2O3. The van der Waals surface area contributed by atoms with Crippen LogP contribution in [0.5, 0.6) is 0 Å². The van der Waals surface area contributed by atoms with Gasteiger partial charge in [-0.3, -0.25) is 14.6 Å². The van der Waals surface area contributed by atoms with Gasteiger partial charge in [-0.2, -0.15) is 0 Å². The number of nitrogens with zero attached hydrogens (tertiary/aromatic N) is 2. The summed E-state index contributed by atoms with van der Waals surface area (Å²) in [5.74, 6) is -0.346. The second-order valence-electron chi connectivity index (χ2n) is 3.96. The zero-order valence-electron chi connectivity index (χ0n) is 10.4. The molecule has 2 heterocycles. The summed E-state index contributed by atoms with van der Waals surface area (Å²) in [7, 11) is 0. The molecule has 0 saturated heterocycles. The van der Waals surface area contributed by atoms with Crippen molar-refractivity contribution in [1.29, 1.82) is 0 Å². The van der Waals surface area contributed by atoms with E-state index in [0.717, 1.165) is 0 Å². The number of esters is 1. The van der Waals surface area contributed by atoms with Crippen LogP contribution in [0.2, 0.25) is 0 Å². The summed E-state index contributed by atoms with van der Waals surface area (Å²) in [6.45, 7) is 0.476. The fourth-order valence-corrected chi connectivity index (χ4v) is 1.57. The van der Waals surface area contributed by atoms with E-state index < -0.39 is 0 Å². The molecule has 0 amide bonds. The molecule has 0 N–H and O–H groups in total. The van der Waals surface area contributed by atoms with Crippen molar-refractivity contribution in [2.24, 2.45) is 0 Å². The molecule has 0 aliphatic carbocycles. The molecule has 0 atom stereocenters. The lowest BCUT2D eigenvalue weighted by atomic mass is 10.3. The Morgan fingerprint density at radius 1 is 1.21 bits per heavy atom. The van der Waals surface area contributed by atoms with E-state index in [9.17, 15) is 9.59 Å². The topological polar surface area (TPSA) is 61.2 Å². The molecule has 0 aromatic carbocycles. The maximum absolute atomic E-state index is 11.5. The highest BCUT2D eigenvalue weighted by Gasteiger charge is 2.04. The Kier molecular flexibility index (Phi) is 4.44. The molecule has 0 unspecified atom stereocenters. The number of hydrogen-bond acceptors (Lipinski definition) is 4. The van der Waals surface area contributed by atoms with Gasteiger partial charge in [0.25, 0.3) is 5.56 Å². The highest BCUT2D eigenvalue weighted by Crippen LogP contribution is 1.98. The Labute approximate surface area is 110 Å². The summed E-state index contributed by atoms with van der Waals surface area (Å²) in [6, 6.07) is 10.3. The first-order chi connectivity index (χ1) is 9.25. The number of ether oxygens (including phenoxy) is 1. The number of pyridine rings is 2. The lowest BCUT2D eigenvalue weighted by molar-refractivity contribution is -0.145. The van der Waals surface area contributed by atoms with Crippen LogP contribution in [0.25, 0.3) is 0 Å². The van der Waals surface area contributed by atoms with E-state index in [-0.39, 0.29) is 24.6 Å². The van der Waals surface area contributed by atoms with Gasteiger partial charge in [0, 0.05) is 25.0 Å². The van der Waals surface area contributed by atoms with Crippen LogP contribution in [0, 0.1) is 0 Å². The van der Waals surface area contributed by atoms with Crippen LogP contribution in [-0.2, 0) is 22.7 Å². The standard InChI is InChI=1S/C14H14N2O3/c17-13-6-2-4-9-16(13)10-7-14(18)19-11-12-5-1-3-8-15-12/h1-6,8-9H,7,10-11H2. The van der Waals surface area contributed by atoms with Crippen molar-refractivity contribution in [2.75, 3.05) is 0 Å². The first-order valence-corrected chi connectivity index (χ1v) is 5.97. The molecule has 0 aliphatic rings. The van der Waals surface area contributed by atoms with Gasteiger partial charge in [0.15, 0.2) is 0 Å². The van der Waals surface area contributed by atoms with E-state index >= 15 is 0 Å². The molecule has 5 nitrogen and oxygen atoms in total. The minimum absolute atomic E-state index is 0.125. The molecule has 2 aromatic heterocycles. The number of rotatable bonds is 5. The van der Waals surface area contributed by atoms with E-state index in [0.29, 0.717) is 12.2 Å². The third kappa shape index (κ3) is 4.06. The zero-order chi connectivity index (χ0) is 13.5. The molecule has 2 aromatic rings. The van der Waals surface area contributed by atoms with Gasteiger partial charge in [-0.1, -0.05) is 12.1 Å². The third-order valence-electron chi connectivity index (χ3n) is 2.56. The van der Waals surface area contributed by atoms with Crippen molar-refractivity contribution >= 4 is 5.97 Å². The SMILES string of the molecule is O=C(CCn1ccccc1=O)OCc1ccccn1. The molecule has 0 aliphatic heterocycles. The van der Waals surface area contributed by atoms with Crippen LogP contribution in [0.3, 0.4) is 0 Å². The van der Waals surface area contributed by atoms with E-state index in [1.165, 1.54) is 10.6 Å². The molecule has 2 rings (SSSR count). The summed E-state index contributed by atoms with van der Waals surface area (Å²) in [5, 5.41) is 0. The van der Waals surface area contributed by atoms with Crippen molar-refractivity contribution in [2.45, 2.75) is 19.6 Å². The second kappa shape index (κ2) is 6.49. The lowest BCUT2D eigenvalue weighted by Gasteiger charge is -2.06. The second-order valence-corrected chi connectivity index (χ2v) is 3.96. The van der Waals surface area contributed by atoms with Gasteiger partial charge in [-0.05, 0) is 18.2 Å². The molecule has 0 fully saturated rings. The smallest absolute Gasteiger partial charge is 0.307 e. The van der Waals surface area contributed by atoms with Crippen LogP contribution in [-0.4, -0.2) is 15.5 Å². The Hall–Kier alpha value is -2.43. The van der Waals surface area contributed by atoms with Gasteiger partial charge in [-0.15, -0.1) is 0 Å².